The quantitative estimate of drug-likeness (QED) is 0.255. The topological polar surface area (TPSA) is 161 Å². The number of nitrogens with one attached hydrogen (secondary N) is 1. The summed E-state index contributed by atoms with van der Waals surface area (Å²) in [4.78, 5) is 31.2. The van der Waals surface area contributed by atoms with E-state index in [9.17, 15) is 18.0 Å². The summed E-state index contributed by atoms with van der Waals surface area (Å²) in [5, 5.41) is 10.1. The van der Waals surface area contributed by atoms with E-state index in [0.29, 0.717) is 17.2 Å². The molecule has 38 heavy (non-hydrogen) atoms. The first-order valence-electron chi connectivity index (χ1n) is 11.9. The summed E-state index contributed by atoms with van der Waals surface area (Å²) in [5.41, 5.74) is 8.85. The van der Waals surface area contributed by atoms with Crippen LogP contribution in [0.15, 0.2) is 54.6 Å². The summed E-state index contributed by atoms with van der Waals surface area (Å²) in [6.07, 6.45) is 1.09. The SMILES string of the molecule is COc1cc(COc2ccc(C3(N)CCN(C(CCS(C)(=O)=O)C(=O)NO)C3=O)cc2)c2ccccc2n1. The van der Waals surface area contributed by atoms with Crippen LogP contribution in [0.1, 0.15) is 24.0 Å². The number of fused-ring (bicyclic) bond motifs is 1. The molecule has 1 saturated heterocycles. The van der Waals surface area contributed by atoms with Crippen molar-refractivity contribution in [2.75, 3.05) is 25.7 Å². The van der Waals surface area contributed by atoms with Crippen LogP contribution in [0.4, 0.5) is 0 Å². The first kappa shape index (κ1) is 27.3. The number of carbonyl (C=O) groups excluding carboxylic acids is 2. The number of nitrogens with two attached hydrogens (primary N) is 1. The van der Waals surface area contributed by atoms with Crippen LogP contribution in [0.5, 0.6) is 11.6 Å². The third-order valence-corrected chi connectivity index (χ3v) is 7.67. The van der Waals surface area contributed by atoms with Crippen LogP contribution < -0.4 is 20.7 Å². The Kier molecular flexibility index (Phi) is 7.86. The first-order valence-corrected chi connectivity index (χ1v) is 14.0. The van der Waals surface area contributed by atoms with E-state index in [-0.39, 0.29) is 31.7 Å². The average Bonchev–Trinajstić information content (AvgIpc) is 3.21. The number of pyridine rings is 1. The number of carbonyl (C=O) groups is 2. The maximum Gasteiger partial charge on any atom is 0.266 e. The molecular weight excluding hydrogens is 512 g/mol. The van der Waals surface area contributed by atoms with Crippen molar-refractivity contribution < 1.29 is 32.7 Å². The second-order valence-electron chi connectivity index (χ2n) is 9.28. The molecule has 1 aromatic heterocycles. The molecule has 2 heterocycles. The van der Waals surface area contributed by atoms with E-state index in [2.05, 4.69) is 4.98 Å². The van der Waals surface area contributed by atoms with Gasteiger partial charge in [0.1, 0.15) is 33.8 Å². The van der Waals surface area contributed by atoms with Crippen molar-refractivity contribution in [3.05, 3.63) is 65.7 Å². The fraction of sp³-hybridized carbons (Fsp3) is 0.346. The predicted octanol–water partition coefficient (Wildman–Crippen LogP) is 1.52. The maximum atomic E-state index is 13.3. The summed E-state index contributed by atoms with van der Waals surface area (Å²) in [6, 6.07) is 15.1. The van der Waals surface area contributed by atoms with Crippen molar-refractivity contribution in [1.82, 2.24) is 15.4 Å². The van der Waals surface area contributed by atoms with Gasteiger partial charge in [-0.3, -0.25) is 14.8 Å². The highest BCUT2D eigenvalue weighted by atomic mass is 32.2. The van der Waals surface area contributed by atoms with Gasteiger partial charge in [-0.2, -0.15) is 0 Å². The van der Waals surface area contributed by atoms with Gasteiger partial charge in [0.05, 0.1) is 18.4 Å². The van der Waals surface area contributed by atoms with Crippen LogP contribution in [0.2, 0.25) is 0 Å². The molecule has 12 heteroatoms. The van der Waals surface area contributed by atoms with Gasteiger partial charge in [0.2, 0.25) is 11.8 Å². The smallest absolute Gasteiger partial charge is 0.266 e. The van der Waals surface area contributed by atoms with E-state index in [1.807, 2.05) is 30.3 Å². The number of ether oxygens (including phenoxy) is 2. The zero-order chi connectivity index (χ0) is 27.5. The highest BCUT2D eigenvalue weighted by molar-refractivity contribution is 7.90. The number of para-hydroxylation sites is 1. The first-order chi connectivity index (χ1) is 18.1. The number of rotatable bonds is 10. The monoisotopic (exact) mass is 542 g/mol. The number of methoxy groups -OCH3 is 1. The van der Waals surface area contributed by atoms with E-state index in [0.717, 1.165) is 22.7 Å². The van der Waals surface area contributed by atoms with Crippen molar-refractivity contribution >= 4 is 32.6 Å². The van der Waals surface area contributed by atoms with Crippen LogP contribution >= 0.6 is 0 Å². The zero-order valence-corrected chi connectivity index (χ0v) is 21.9. The number of likely N-dealkylation sites (tertiary alicyclic amines) is 1. The highest BCUT2D eigenvalue weighted by Crippen LogP contribution is 2.34. The lowest BCUT2D eigenvalue weighted by Crippen LogP contribution is -2.52. The van der Waals surface area contributed by atoms with Crippen molar-refractivity contribution in [3.63, 3.8) is 0 Å². The van der Waals surface area contributed by atoms with Gasteiger partial charge in [-0.15, -0.1) is 0 Å². The van der Waals surface area contributed by atoms with E-state index >= 15 is 0 Å². The molecule has 0 bridgehead atoms. The van der Waals surface area contributed by atoms with E-state index < -0.39 is 33.2 Å². The van der Waals surface area contributed by atoms with Gasteiger partial charge in [0, 0.05) is 29.8 Å². The summed E-state index contributed by atoms with van der Waals surface area (Å²) in [5.74, 6) is -0.669. The number of benzene rings is 2. The van der Waals surface area contributed by atoms with Gasteiger partial charge in [-0.1, -0.05) is 30.3 Å². The van der Waals surface area contributed by atoms with Crippen LogP contribution in [0.3, 0.4) is 0 Å². The normalized spacial score (nSPS) is 18.4. The lowest BCUT2D eigenvalue weighted by molar-refractivity contribution is -0.144. The minimum absolute atomic E-state index is 0.131. The molecule has 1 aliphatic heterocycles. The Morgan fingerprint density at radius 1 is 1.24 bits per heavy atom. The van der Waals surface area contributed by atoms with Crippen LogP contribution in [0, 0.1) is 0 Å². The molecule has 2 amide bonds. The molecule has 202 valence electrons. The van der Waals surface area contributed by atoms with Gasteiger partial charge < -0.3 is 20.1 Å². The number of hydrogen-bond acceptors (Lipinski definition) is 9. The molecule has 1 fully saturated rings. The second kappa shape index (κ2) is 10.9. The number of aromatic nitrogens is 1. The Balaban J connectivity index is 1.49. The van der Waals surface area contributed by atoms with E-state index in [1.165, 1.54) is 10.4 Å². The third-order valence-electron chi connectivity index (χ3n) is 6.69. The highest BCUT2D eigenvalue weighted by Gasteiger charge is 2.48. The van der Waals surface area contributed by atoms with Crippen molar-refractivity contribution in [2.45, 2.75) is 31.0 Å². The van der Waals surface area contributed by atoms with Crippen LogP contribution in [0.25, 0.3) is 10.9 Å². The standard InChI is InChI=1S/C26H30N4O7S/c1-36-23-15-17(20-5-3-4-6-21(20)28-23)16-37-19-9-7-18(8-10-19)26(27)12-13-30(25(26)32)22(24(31)29-33)11-14-38(2,34)35/h3-10,15,22,33H,11-14,16,27H2,1-2H3,(H,29,31). The molecule has 0 radical (unpaired) electrons. The lowest BCUT2D eigenvalue weighted by Gasteiger charge is -2.29. The minimum atomic E-state index is -3.39. The summed E-state index contributed by atoms with van der Waals surface area (Å²) in [6.45, 7) is 0.393. The fourth-order valence-corrected chi connectivity index (χ4v) is 5.26. The Hall–Kier alpha value is -3.74. The van der Waals surface area contributed by atoms with Crippen molar-refractivity contribution in [3.8, 4) is 11.6 Å². The molecule has 4 rings (SSSR count). The van der Waals surface area contributed by atoms with Gasteiger partial charge in [0.15, 0.2) is 0 Å². The summed E-state index contributed by atoms with van der Waals surface area (Å²) < 4.78 is 34.5. The maximum absolute atomic E-state index is 13.3. The molecule has 2 aromatic carbocycles. The Morgan fingerprint density at radius 2 is 1.95 bits per heavy atom. The Bertz CT molecular complexity index is 1450. The molecular formula is C26H30N4O7S. The minimum Gasteiger partial charge on any atom is -0.489 e. The number of sulfone groups is 1. The van der Waals surface area contributed by atoms with Crippen LogP contribution in [-0.2, 0) is 31.6 Å². The van der Waals surface area contributed by atoms with E-state index in [1.54, 1.807) is 31.4 Å². The Labute approximate surface area is 220 Å². The largest absolute Gasteiger partial charge is 0.489 e. The molecule has 4 N–H and O–H groups in total. The molecule has 2 atom stereocenters. The van der Waals surface area contributed by atoms with Gasteiger partial charge in [-0.05, 0) is 36.6 Å². The zero-order valence-electron chi connectivity index (χ0n) is 21.1. The second-order valence-corrected chi connectivity index (χ2v) is 11.5. The molecule has 3 aromatic rings. The molecule has 2 unspecified atom stereocenters. The number of hydroxylamine groups is 1. The number of amides is 2. The molecule has 1 aliphatic rings. The number of nitrogens with zero attached hydrogens (tertiary/aromatic N) is 2. The van der Waals surface area contributed by atoms with Crippen molar-refractivity contribution in [2.24, 2.45) is 5.73 Å². The van der Waals surface area contributed by atoms with Gasteiger partial charge in [0.25, 0.3) is 5.91 Å². The molecule has 0 saturated carbocycles. The summed E-state index contributed by atoms with van der Waals surface area (Å²) >= 11 is 0. The number of hydrogen-bond donors (Lipinski definition) is 3. The predicted molar refractivity (Wildman–Crippen MR) is 139 cm³/mol. The lowest BCUT2D eigenvalue weighted by atomic mass is 9.89. The van der Waals surface area contributed by atoms with Crippen molar-refractivity contribution in [1.29, 1.82) is 0 Å². The fourth-order valence-electron chi connectivity index (χ4n) is 4.61. The third kappa shape index (κ3) is 5.72. The average molecular weight is 543 g/mol. The van der Waals surface area contributed by atoms with Crippen LogP contribution in [-0.4, -0.2) is 67.0 Å². The Morgan fingerprint density at radius 3 is 2.61 bits per heavy atom. The molecule has 0 aliphatic carbocycles. The molecule has 0 spiro atoms. The summed E-state index contributed by atoms with van der Waals surface area (Å²) in [7, 11) is -1.84. The van der Waals surface area contributed by atoms with Gasteiger partial charge in [-0.25, -0.2) is 18.9 Å². The van der Waals surface area contributed by atoms with Gasteiger partial charge >= 0.3 is 0 Å². The van der Waals surface area contributed by atoms with E-state index in [4.69, 9.17) is 20.4 Å². The molecule has 11 nitrogen and oxygen atoms in total.